The lowest BCUT2D eigenvalue weighted by Crippen LogP contribution is -2.33. The summed E-state index contributed by atoms with van der Waals surface area (Å²) < 4.78 is 39.0. The Morgan fingerprint density at radius 2 is 1.16 bits per heavy atom. The zero-order chi connectivity index (χ0) is 29.8. The fraction of sp³-hybridized carbons (Fsp3) is 0.606. The van der Waals surface area contributed by atoms with E-state index >= 15 is 0 Å². The van der Waals surface area contributed by atoms with Crippen LogP contribution in [0.25, 0.3) is 11.1 Å². The number of amides is 1. The molecule has 0 saturated carbocycles. The van der Waals surface area contributed by atoms with Gasteiger partial charge in [-0.25, -0.2) is 4.79 Å². The fourth-order valence-corrected chi connectivity index (χ4v) is 5.23. The van der Waals surface area contributed by atoms with Gasteiger partial charge in [0, 0.05) is 19.1 Å². The van der Waals surface area contributed by atoms with Crippen LogP contribution >= 0.6 is 0 Å². The third-order valence-corrected chi connectivity index (χ3v) is 7.43. The first-order chi connectivity index (χ1) is 21.3. The Labute approximate surface area is 255 Å². The number of fused-ring (bicyclic) bond motifs is 3. The van der Waals surface area contributed by atoms with E-state index in [-0.39, 0.29) is 5.92 Å². The monoisotopic (exact) mass is 600 g/mol. The molecule has 1 aliphatic heterocycles. The molecule has 2 aromatic carbocycles. The predicted octanol–water partition coefficient (Wildman–Crippen LogP) is 3.77. The second-order valence-corrected chi connectivity index (χ2v) is 10.5. The first-order valence-corrected chi connectivity index (χ1v) is 15.6. The molecule has 0 aromatic heterocycles. The Kier molecular flexibility index (Phi) is 15.8. The minimum Gasteiger partial charge on any atom is -0.449 e. The van der Waals surface area contributed by atoms with Crippen molar-refractivity contribution in [3.63, 3.8) is 0 Å². The van der Waals surface area contributed by atoms with E-state index in [9.17, 15) is 4.79 Å². The van der Waals surface area contributed by atoms with E-state index < -0.39 is 6.09 Å². The average molecular weight is 601 g/mol. The zero-order valence-corrected chi connectivity index (χ0v) is 25.3. The fourth-order valence-electron chi connectivity index (χ4n) is 5.23. The molecule has 0 bridgehead atoms. The maximum atomic E-state index is 12.2. The number of hydrogen-bond donors (Lipinski definition) is 2. The van der Waals surface area contributed by atoms with Crippen molar-refractivity contribution in [2.24, 2.45) is 0 Å². The third-order valence-electron chi connectivity index (χ3n) is 7.43. The van der Waals surface area contributed by atoms with Crippen molar-refractivity contribution < 1.29 is 38.0 Å². The molecular weight excluding hydrogens is 552 g/mol. The van der Waals surface area contributed by atoms with E-state index in [1.165, 1.54) is 22.3 Å². The highest BCUT2D eigenvalue weighted by Crippen LogP contribution is 2.44. The van der Waals surface area contributed by atoms with Crippen LogP contribution in [0.2, 0.25) is 0 Å². The lowest BCUT2D eigenvalue weighted by Gasteiger charge is -2.22. The van der Waals surface area contributed by atoms with Crippen molar-refractivity contribution in [1.82, 2.24) is 10.6 Å². The van der Waals surface area contributed by atoms with E-state index in [4.69, 9.17) is 33.2 Å². The second kappa shape index (κ2) is 20.4. The minimum absolute atomic E-state index is 0.0604. The largest absolute Gasteiger partial charge is 0.449 e. The highest BCUT2D eigenvalue weighted by molar-refractivity contribution is 5.79. The molecule has 1 fully saturated rings. The van der Waals surface area contributed by atoms with Crippen molar-refractivity contribution in [3.8, 4) is 11.1 Å². The van der Waals surface area contributed by atoms with E-state index in [1.54, 1.807) is 0 Å². The summed E-state index contributed by atoms with van der Waals surface area (Å²) in [5, 5.41) is 6.14. The Bertz CT molecular complexity index is 1000. The Hall–Kier alpha value is -2.57. The Morgan fingerprint density at radius 3 is 1.72 bits per heavy atom. The van der Waals surface area contributed by atoms with E-state index in [1.807, 2.05) is 24.3 Å². The molecule has 2 aliphatic rings. The number of rotatable bonds is 22. The number of benzene rings is 2. The van der Waals surface area contributed by atoms with Crippen LogP contribution in [0.1, 0.15) is 36.3 Å². The zero-order valence-electron chi connectivity index (χ0n) is 25.3. The van der Waals surface area contributed by atoms with Crippen LogP contribution in [0.15, 0.2) is 48.5 Å². The first-order valence-electron chi connectivity index (χ1n) is 15.6. The SMILES string of the molecule is O=C(NCCCOCCOCCOCCOCCOCCOC1CCNCC1)OCC1c2ccccc2-c2ccccc21. The van der Waals surface area contributed by atoms with Crippen LogP contribution in [0.3, 0.4) is 0 Å². The molecule has 10 heteroatoms. The number of ether oxygens (including phenoxy) is 7. The number of carbonyl (C=O) groups is 1. The van der Waals surface area contributed by atoms with Crippen LogP contribution in [0.5, 0.6) is 0 Å². The number of nitrogens with one attached hydrogen (secondary N) is 2. The third kappa shape index (κ3) is 12.1. The smallest absolute Gasteiger partial charge is 0.407 e. The van der Waals surface area contributed by atoms with Gasteiger partial charge in [-0.2, -0.15) is 0 Å². The Morgan fingerprint density at radius 1 is 0.674 bits per heavy atom. The van der Waals surface area contributed by atoms with Crippen molar-refractivity contribution in [2.75, 3.05) is 98.9 Å². The van der Waals surface area contributed by atoms with E-state index in [0.717, 1.165) is 25.9 Å². The van der Waals surface area contributed by atoms with E-state index in [2.05, 4.69) is 34.9 Å². The minimum atomic E-state index is -0.405. The van der Waals surface area contributed by atoms with Gasteiger partial charge in [-0.1, -0.05) is 48.5 Å². The lowest BCUT2D eigenvalue weighted by molar-refractivity contribution is -0.0296. The summed E-state index contributed by atoms with van der Waals surface area (Å²) in [6.45, 7) is 8.83. The maximum absolute atomic E-state index is 12.2. The van der Waals surface area contributed by atoms with Gasteiger partial charge in [0.05, 0.1) is 72.2 Å². The van der Waals surface area contributed by atoms with Crippen molar-refractivity contribution in [2.45, 2.75) is 31.3 Å². The van der Waals surface area contributed by atoms with Gasteiger partial charge >= 0.3 is 6.09 Å². The van der Waals surface area contributed by atoms with Gasteiger partial charge in [-0.15, -0.1) is 0 Å². The van der Waals surface area contributed by atoms with E-state index in [0.29, 0.717) is 98.4 Å². The molecule has 0 unspecified atom stereocenters. The Balaban J connectivity index is 0.872. The first kappa shape index (κ1) is 33.3. The summed E-state index contributed by atoms with van der Waals surface area (Å²) in [6, 6.07) is 16.6. The average Bonchev–Trinajstić information content (AvgIpc) is 3.37. The molecule has 4 rings (SSSR count). The summed E-state index contributed by atoms with van der Waals surface area (Å²) >= 11 is 0. The number of alkyl carbamates (subject to hydrolysis) is 1. The van der Waals surface area contributed by atoms with Crippen LogP contribution < -0.4 is 10.6 Å². The standard InChI is InChI=1S/C33H48N2O8/c36-33(43-26-32-30-8-3-1-6-28(30)29-7-2-4-9-31(29)32)35-12-5-15-37-16-17-38-18-19-39-20-21-40-22-23-41-24-25-42-27-10-13-34-14-11-27/h1-4,6-9,27,32,34H,5,10-26H2,(H,35,36). The van der Waals surface area contributed by atoms with Gasteiger partial charge < -0.3 is 43.8 Å². The second-order valence-electron chi connectivity index (χ2n) is 10.5. The molecule has 0 atom stereocenters. The maximum Gasteiger partial charge on any atom is 0.407 e. The molecule has 2 aromatic rings. The lowest BCUT2D eigenvalue weighted by atomic mass is 9.98. The predicted molar refractivity (Wildman–Crippen MR) is 164 cm³/mol. The summed E-state index contributed by atoms with van der Waals surface area (Å²) in [7, 11) is 0. The topological polar surface area (TPSA) is 106 Å². The van der Waals surface area contributed by atoms with Crippen molar-refractivity contribution >= 4 is 6.09 Å². The van der Waals surface area contributed by atoms with Gasteiger partial charge in [0.15, 0.2) is 0 Å². The molecule has 1 aliphatic carbocycles. The van der Waals surface area contributed by atoms with Gasteiger partial charge in [-0.3, -0.25) is 0 Å². The normalized spacial score (nSPS) is 14.9. The molecule has 238 valence electrons. The van der Waals surface area contributed by atoms with Gasteiger partial charge in [-0.05, 0) is 54.6 Å². The highest BCUT2D eigenvalue weighted by atomic mass is 16.6. The molecule has 1 saturated heterocycles. The van der Waals surface area contributed by atoms with Crippen LogP contribution in [-0.4, -0.2) is 111 Å². The van der Waals surface area contributed by atoms with Crippen LogP contribution in [-0.2, 0) is 33.2 Å². The molecule has 10 nitrogen and oxygen atoms in total. The van der Waals surface area contributed by atoms with Gasteiger partial charge in [0.1, 0.15) is 6.61 Å². The molecule has 0 radical (unpaired) electrons. The molecule has 1 heterocycles. The highest BCUT2D eigenvalue weighted by Gasteiger charge is 2.28. The summed E-state index contributed by atoms with van der Waals surface area (Å²) in [4.78, 5) is 12.2. The molecular formula is C33H48N2O8. The van der Waals surface area contributed by atoms with Crippen LogP contribution in [0, 0.1) is 0 Å². The molecule has 2 N–H and O–H groups in total. The van der Waals surface area contributed by atoms with Crippen LogP contribution in [0.4, 0.5) is 4.79 Å². The van der Waals surface area contributed by atoms with Crippen molar-refractivity contribution in [3.05, 3.63) is 59.7 Å². The number of carbonyl (C=O) groups excluding carboxylic acids is 1. The molecule has 43 heavy (non-hydrogen) atoms. The van der Waals surface area contributed by atoms with Crippen molar-refractivity contribution in [1.29, 1.82) is 0 Å². The summed E-state index contributed by atoms with van der Waals surface area (Å²) in [5.74, 6) is 0.0604. The summed E-state index contributed by atoms with van der Waals surface area (Å²) in [6.07, 6.45) is 2.82. The number of piperidine rings is 1. The van der Waals surface area contributed by atoms with Gasteiger partial charge in [0.25, 0.3) is 0 Å². The quantitative estimate of drug-likeness (QED) is 0.196. The molecule has 0 spiro atoms. The number of hydrogen-bond acceptors (Lipinski definition) is 9. The summed E-state index contributed by atoms with van der Waals surface area (Å²) in [5.41, 5.74) is 4.84. The molecule has 1 amide bonds. The van der Waals surface area contributed by atoms with Gasteiger partial charge in [0.2, 0.25) is 0 Å².